The van der Waals surface area contributed by atoms with Crippen molar-refractivity contribution in [3.05, 3.63) is 35.8 Å². The van der Waals surface area contributed by atoms with E-state index in [1.54, 1.807) is 18.4 Å². The number of esters is 1. The van der Waals surface area contributed by atoms with Gasteiger partial charge in [0.05, 0.1) is 6.26 Å². The van der Waals surface area contributed by atoms with Crippen LogP contribution in [0.5, 0.6) is 0 Å². The van der Waals surface area contributed by atoms with E-state index in [9.17, 15) is 4.79 Å². The SMILES string of the molecule is CC(C)=CC(=O)OCc1ccco1. The summed E-state index contributed by atoms with van der Waals surface area (Å²) >= 11 is 0. The Kier molecular flexibility index (Phi) is 3.31. The van der Waals surface area contributed by atoms with Gasteiger partial charge in [0.2, 0.25) is 0 Å². The summed E-state index contributed by atoms with van der Waals surface area (Å²) in [5.41, 5.74) is 0.921. The lowest BCUT2D eigenvalue weighted by Crippen LogP contribution is -2.00. The summed E-state index contributed by atoms with van der Waals surface area (Å²) in [4.78, 5) is 11.0. The monoisotopic (exact) mass is 180 g/mol. The van der Waals surface area contributed by atoms with Gasteiger partial charge in [-0.05, 0) is 26.0 Å². The van der Waals surface area contributed by atoms with Crippen molar-refractivity contribution in [3.63, 3.8) is 0 Å². The second-order valence-corrected chi connectivity index (χ2v) is 2.91. The van der Waals surface area contributed by atoms with E-state index in [-0.39, 0.29) is 12.6 Å². The van der Waals surface area contributed by atoms with Crippen LogP contribution in [-0.2, 0) is 16.1 Å². The third-order valence-corrected chi connectivity index (χ3v) is 1.34. The van der Waals surface area contributed by atoms with Gasteiger partial charge >= 0.3 is 5.97 Å². The first-order valence-corrected chi connectivity index (χ1v) is 4.02. The van der Waals surface area contributed by atoms with Crippen molar-refractivity contribution < 1.29 is 13.9 Å². The molecule has 1 rings (SSSR count). The van der Waals surface area contributed by atoms with E-state index >= 15 is 0 Å². The molecule has 1 aromatic rings. The number of hydrogen-bond acceptors (Lipinski definition) is 3. The van der Waals surface area contributed by atoms with Crippen LogP contribution in [0, 0.1) is 0 Å². The number of ether oxygens (including phenoxy) is 1. The van der Waals surface area contributed by atoms with Crippen LogP contribution in [0.2, 0.25) is 0 Å². The normalized spacial score (nSPS) is 9.38. The highest BCUT2D eigenvalue weighted by Crippen LogP contribution is 2.02. The topological polar surface area (TPSA) is 39.4 Å². The highest BCUT2D eigenvalue weighted by molar-refractivity contribution is 5.82. The molecule has 13 heavy (non-hydrogen) atoms. The average molecular weight is 180 g/mol. The Morgan fingerprint density at radius 3 is 2.92 bits per heavy atom. The summed E-state index contributed by atoms with van der Waals surface area (Å²) in [6.45, 7) is 3.87. The number of carbonyl (C=O) groups excluding carboxylic acids is 1. The van der Waals surface area contributed by atoms with Gasteiger partial charge in [-0.1, -0.05) is 5.57 Å². The molecule has 0 N–H and O–H groups in total. The lowest BCUT2D eigenvalue weighted by atomic mass is 10.3. The van der Waals surface area contributed by atoms with Crippen molar-refractivity contribution in [2.24, 2.45) is 0 Å². The van der Waals surface area contributed by atoms with Crippen LogP contribution in [0.25, 0.3) is 0 Å². The minimum Gasteiger partial charge on any atom is -0.466 e. The van der Waals surface area contributed by atoms with Crippen molar-refractivity contribution in [2.45, 2.75) is 20.5 Å². The summed E-state index contributed by atoms with van der Waals surface area (Å²) in [7, 11) is 0. The quantitative estimate of drug-likeness (QED) is 0.529. The maximum Gasteiger partial charge on any atom is 0.331 e. The fraction of sp³-hybridized carbons (Fsp3) is 0.300. The van der Waals surface area contributed by atoms with Gasteiger partial charge in [0, 0.05) is 6.08 Å². The Morgan fingerprint density at radius 1 is 1.62 bits per heavy atom. The van der Waals surface area contributed by atoms with E-state index < -0.39 is 0 Å². The van der Waals surface area contributed by atoms with E-state index in [0.717, 1.165) is 5.57 Å². The lowest BCUT2D eigenvalue weighted by Gasteiger charge is -1.98. The van der Waals surface area contributed by atoms with Crippen molar-refractivity contribution in [1.29, 1.82) is 0 Å². The van der Waals surface area contributed by atoms with E-state index in [0.29, 0.717) is 5.76 Å². The van der Waals surface area contributed by atoms with Gasteiger partial charge in [0.1, 0.15) is 12.4 Å². The van der Waals surface area contributed by atoms with E-state index in [1.807, 2.05) is 13.8 Å². The molecule has 3 nitrogen and oxygen atoms in total. The van der Waals surface area contributed by atoms with Crippen LogP contribution in [0.4, 0.5) is 0 Å². The zero-order valence-corrected chi connectivity index (χ0v) is 7.74. The van der Waals surface area contributed by atoms with Gasteiger partial charge in [-0.25, -0.2) is 4.79 Å². The Morgan fingerprint density at radius 2 is 2.38 bits per heavy atom. The largest absolute Gasteiger partial charge is 0.466 e. The molecule has 1 aromatic heterocycles. The van der Waals surface area contributed by atoms with Crippen LogP contribution in [0.3, 0.4) is 0 Å². The fourth-order valence-corrected chi connectivity index (χ4v) is 0.814. The fourth-order valence-electron chi connectivity index (χ4n) is 0.814. The molecule has 0 bridgehead atoms. The highest BCUT2D eigenvalue weighted by atomic mass is 16.5. The van der Waals surface area contributed by atoms with Gasteiger partial charge in [-0.15, -0.1) is 0 Å². The molecule has 1 heterocycles. The molecule has 0 saturated carbocycles. The lowest BCUT2D eigenvalue weighted by molar-refractivity contribution is -0.139. The molecule has 0 aliphatic heterocycles. The van der Waals surface area contributed by atoms with Crippen LogP contribution in [-0.4, -0.2) is 5.97 Å². The van der Waals surface area contributed by atoms with E-state index in [4.69, 9.17) is 9.15 Å². The number of hydrogen-bond donors (Lipinski definition) is 0. The van der Waals surface area contributed by atoms with Crippen molar-refractivity contribution in [2.75, 3.05) is 0 Å². The number of carbonyl (C=O) groups is 1. The number of rotatable bonds is 3. The first kappa shape index (κ1) is 9.58. The minimum atomic E-state index is -0.337. The van der Waals surface area contributed by atoms with Crippen LogP contribution in [0.1, 0.15) is 19.6 Å². The minimum absolute atomic E-state index is 0.190. The summed E-state index contributed by atoms with van der Waals surface area (Å²) in [6.07, 6.45) is 2.99. The van der Waals surface area contributed by atoms with Gasteiger partial charge in [-0.3, -0.25) is 0 Å². The maximum atomic E-state index is 11.0. The second-order valence-electron chi connectivity index (χ2n) is 2.91. The number of allylic oxidation sites excluding steroid dienone is 1. The molecular formula is C10H12O3. The summed E-state index contributed by atoms with van der Waals surface area (Å²) < 4.78 is 9.88. The molecule has 0 radical (unpaired) electrons. The van der Waals surface area contributed by atoms with Gasteiger partial charge in [0.15, 0.2) is 0 Å². The molecule has 70 valence electrons. The van der Waals surface area contributed by atoms with Crippen LogP contribution in [0.15, 0.2) is 34.5 Å². The Labute approximate surface area is 77.0 Å². The molecular weight excluding hydrogens is 168 g/mol. The Bertz CT molecular complexity index is 292. The molecule has 0 aliphatic carbocycles. The standard InChI is InChI=1S/C10H12O3/c1-8(2)6-10(11)13-7-9-4-3-5-12-9/h3-6H,7H2,1-2H3. The maximum absolute atomic E-state index is 11.0. The third kappa shape index (κ3) is 3.60. The molecule has 0 spiro atoms. The highest BCUT2D eigenvalue weighted by Gasteiger charge is 2.00. The number of furan rings is 1. The second kappa shape index (κ2) is 4.50. The predicted molar refractivity (Wildman–Crippen MR) is 47.9 cm³/mol. The molecule has 3 heteroatoms. The molecule has 0 amide bonds. The average Bonchev–Trinajstić information content (AvgIpc) is 2.51. The Balaban J connectivity index is 2.35. The van der Waals surface area contributed by atoms with Crippen molar-refractivity contribution in [1.82, 2.24) is 0 Å². The summed E-state index contributed by atoms with van der Waals surface area (Å²) in [5, 5.41) is 0. The zero-order chi connectivity index (χ0) is 9.68. The van der Waals surface area contributed by atoms with E-state index in [1.165, 1.54) is 6.08 Å². The Hall–Kier alpha value is -1.51. The summed E-state index contributed by atoms with van der Waals surface area (Å²) in [5.74, 6) is 0.312. The first-order valence-electron chi connectivity index (χ1n) is 4.02. The molecule has 0 saturated heterocycles. The smallest absolute Gasteiger partial charge is 0.331 e. The van der Waals surface area contributed by atoms with E-state index in [2.05, 4.69) is 0 Å². The predicted octanol–water partition coefficient (Wildman–Crippen LogP) is 2.29. The molecule has 0 fully saturated rings. The van der Waals surface area contributed by atoms with Crippen LogP contribution < -0.4 is 0 Å². The van der Waals surface area contributed by atoms with Crippen molar-refractivity contribution >= 4 is 5.97 Å². The molecule has 0 aromatic carbocycles. The summed E-state index contributed by atoms with van der Waals surface area (Å²) in [6, 6.07) is 3.51. The molecule has 0 unspecified atom stereocenters. The molecule has 0 atom stereocenters. The zero-order valence-electron chi connectivity index (χ0n) is 7.74. The molecule has 0 aliphatic rings. The van der Waals surface area contributed by atoms with Crippen molar-refractivity contribution in [3.8, 4) is 0 Å². The van der Waals surface area contributed by atoms with Crippen LogP contribution >= 0.6 is 0 Å². The third-order valence-electron chi connectivity index (χ3n) is 1.34. The van der Waals surface area contributed by atoms with Gasteiger partial charge in [0.25, 0.3) is 0 Å². The van der Waals surface area contributed by atoms with Gasteiger partial charge in [-0.2, -0.15) is 0 Å². The first-order chi connectivity index (χ1) is 6.18. The van der Waals surface area contributed by atoms with Gasteiger partial charge < -0.3 is 9.15 Å².